The van der Waals surface area contributed by atoms with E-state index in [4.69, 9.17) is 23.2 Å². The number of fused-ring (bicyclic) bond motifs is 2. The van der Waals surface area contributed by atoms with Crippen LogP contribution in [0.5, 0.6) is 0 Å². The molecule has 4 aromatic rings. The van der Waals surface area contributed by atoms with Crippen molar-refractivity contribution in [1.82, 2.24) is 9.97 Å². The highest BCUT2D eigenvalue weighted by atomic mass is 35.5. The smallest absolute Gasteiger partial charge is 0.0737 e. The Labute approximate surface area is 185 Å². The summed E-state index contributed by atoms with van der Waals surface area (Å²) >= 11 is 12.3. The normalized spacial score (nSPS) is 19.1. The molecule has 152 valence electrons. The van der Waals surface area contributed by atoms with Crippen LogP contribution in [0.1, 0.15) is 25.7 Å². The van der Waals surface area contributed by atoms with Crippen molar-refractivity contribution < 1.29 is 0 Å². The van der Waals surface area contributed by atoms with Gasteiger partial charge in [0.25, 0.3) is 0 Å². The average Bonchev–Trinajstić information content (AvgIpc) is 2.74. The molecule has 2 atom stereocenters. The molecule has 0 spiro atoms. The lowest BCUT2D eigenvalue weighted by atomic mass is 9.90. The first-order valence-electron chi connectivity index (χ1n) is 10.3. The minimum absolute atomic E-state index is 0.403. The summed E-state index contributed by atoms with van der Waals surface area (Å²) in [5.41, 5.74) is 4.07. The highest BCUT2D eigenvalue weighted by Gasteiger charge is 2.23. The molecule has 2 heterocycles. The summed E-state index contributed by atoms with van der Waals surface area (Å²) in [6, 6.07) is 16.6. The van der Waals surface area contributed by atoms with E-state index < -0.39 is 0 Å². The van der Waals surface area contributed by atoms with Gasteiger partial charge < -0.3 is 10.6 Å². The van der Waals surface area contributed by atoms with Crippen LogP contribution < -0.4 is 10.6 Å². The third-order valence-electron chi connectivity index (χ3n) is 5.80. The molecule has 0 bridgehead atoms. The van der Waals surface area contributed by atoms with Crippen molar-refractivity contribution in [2.24, 2.45) is 0 Å². The van der Waals surface area contributed by atoms with Crippen LogP contribution in [0.4, 0.5) is 11.4 Å². The first-order chi connectivity index (χ1) is 14.7. The molecular formula is C24H22Cl2N4. The molecule has 0 aliphatic heterocycles. The van der Waals surface area contributed by atoms with Crippen molar-refractivity contribution in [3.8, 4) is 0 Å². The van der Waals surface area contributed by atoms with E-state index in [9.17, 15) is 0 Å². The zero-order chi connectivity index (χ0) is 20.5. The number of hydrogen-bond donors (Lipinski definition) is 2. The first kappa shape index (κ1) is 19.4. The lowest BCUT2D eigenvalue weighted by molar-refractivity contribution is 0.428. The first-order valence-corrected chi connectivity index (χ1v) is 11.0. The van der Waals surface area contributed by atoms with Crippen LogP contribution in [-0.4, -0.2) is 22.1 Å². The molecule has 1 aliphatic carbocycles. The number of rotatable bonds is 4. The van der Waals surface area contributed by atoms with E-state index in [0.717, 1.165) is 52.4 Å². The second-order valence-electron chi connectivity index (χ2n) is 7.89. The molecule has 0 saturated heterocycles. The summed E-state index contributed by atoms with van der Waals surface area (Å²) in [5, 5.41) is 11.1. The van der Waals surface area contributed by atoms with Crippen LogP contribution in [-0.2, 0) is 0 Å². The number of nitrogens with one attached hydrogen (secondary N) is 2. The molecule has 30 heavy (non-hydrogen) atoms. The largest absolute Gasteiger partial charge is 0.382 e. The molecule has 2 N–H and O–H groups in total. The number of halogens is 2. The van der Waals surface area contributed by atoms with Crippen LogP contribution in [0.2, 0.25) is 10.0 Å². The maximum Gasteiger partial charge on any atom is 0.0737 e. The number of anilines is 2. The van der Waals surface area contributed by atoms with Crippen LogP contribution in [0.15, 0.2) is 60.9 Å². The van der Waals surface area contributed by atoms with Gasteiger partial charge in [-0.3, -0.25) is 9.97 Å². The van der Waals surface area contributed by atoms with E-state index in [1.807, 2.05) is 60.9 Å². The summed E-state index contributed by atoms with van der Waals surface area (Å²) in [4.78, 5) is 8.90. The number of pyridine rings is 2. The summed E-state index contributed by atoms with van der Waals surface area (Å²) in [5.74, 6) is 0. The molecule has 6 heteroatoms. The lowest BCUT2D eigenvalue weighted by Gasteiger charge is -2.32. The second kappa shape index (κ2) is 8.29. The highest BCUT2D eigenvalue weighted by Crippen LogP contribution is 2.31. The molecule has 2 aromatic heterocycles. The molecule has 2 aromatic carbocycles. The summed E-state index contributed by atoms with van der Waals surface area (Å²) in [6.45, 7) is 0. The van der Waals surface area contributed by atoms with Crippen LogP contribution in [0.3, 0.4) is 0 Å². The van der Waals surface area contributed by atoms with Crippen molar-refractivity contribution in [1.29, 1.82) is 0 Å². The molecule has 0 radical (unpaired) electrons. The Kier molecular flexibility index (Phi) is 5.36. The molecule has 1 saturated carbocycles. The minimum atomic E-state index is 0.403. The molecule has 0 unspecified atom stereocenters. The Balaban J connectivity index is 1.34. The second-order valence-corrected chi connectivity index (χ2v) is 8.76. The zero-order valence-corrected chi connectivity index (χ0v) is 17.9. The van der Waals surface area contributed by atoms with Gasteiger partial charge in [0.15, 0.2) is 0 Å². The van der Waals surface area contributed by atoms with E-state index in [-0.39, 0.29) is 0 Å². The predicted octanol–water partition coefficient (Wildman–Crippen LogP) is 6.93. The third kappa shape index (κ3) is 4.03. The Bertz CT molecular complexity index is 1120. The number of benzene rings is 2. The Morgan fingerprint density at radius 3 is 1.70 bits per heavy atom. The third-order valence-corrected chi connectivity index (χ3v) is 6.27. The van der Waals surface area contributed by atoms with Crippen LogP contribution >= 0.6 is 23.2 Å². The zero-order valence-electron chi connectivity index (χ0n) is 16.4. The van der Waals surface area contributed by atoms with Crippen molar-refractivity contribution in [3.63, 3.8) is 0 Å². The Morgan fingerprint density at radius 2 is 1.20 bits per heavy atom. The van der Waals surface area contributed by atoms with Crippen LogP contribution in [0, 0.1) is 0 Å². The van der Waals surface area contributed by atoms with Crippen molar-refractivity contribution in [3.05, 3.63) is 71.0 Å². The molecule has 1 aliphatic rings. The number of nitrogens with zero attached hydrogens (tertiary/aromatic N) is 2. The van der Waals surface area contributed by atoms with Gasteiger partial charge >= 0.3 is 0 Å². The molecule has 5 rings (SSSR count). The summed E-state index contributed by atoms with van der Waals surface area (Å²) < 4.78 is 0. The van der Waals surface area contributed by atoms with E-state index in [0.29, 0.717) is 22.1 Å². The molecule has 1 fully saturated rings. The maximum atomic E-state index is 6.13. The highest BCUT2D eigenvalue weighted by molar-refractivity contribution is 6.31. The van der Waals surface area contributed by atoms with Gasteiger partial charge in [0.05, 0.1) is 11.0 Å². The summed E-state index contributed by atoms with van der Waals surface area (Å²) in [7, 11) is 0. The van der Waals surface area contributed by atoms with E-state index in [1.54, 1.807) is 0 Å². The fourth-order valence-corrected chi connectivity index (χ4v) is 4.72. The van der Waals surface area contributed by atoms with Gasteiger partial charge in [-0.05, 0) is 74.2 Å². The van der Waals surface area contributed by atoms with Gasteiger partial charge in [-0.25, -0.2) is 0 Å². The minimum Gasteiger partial charge on any atom is -0.382 e. The van der Waals surface area contributed by atoms with Gasteiger partial charge in [-0.15, -0.1) is 0 Å². The summed E-state index contributed by atoms with van der Waals surface area (Å²) in [6.07, 6.45) is 8.22. The molecular weight excluding hydrogens is 415 g/mol. The average molecular weight is 437 g/mol. The lowest BCUT2D eigenvalue weighted by Crippen LogP contribution is -2.34. The number of aromatic nitrogens is 2. The van der Waals surface area contributed by atoms with E-state index >= 15 is 0 Å². The van der Waals surface area contributed by atoms with Gasteiger partial charge in [0, 0.05) is 56.7 Å². The predicted molar refractivity (Wildman–Crippen MR) is 127 cm³/mol. The van der Waals surface area contributed by atoms with Crippen molar-refractivity contribution in [2.75, 3.05) is 10.6 Å². The Hall–Kier alpha value is -2.56. The maximum absolute atomic E-state index is 6.13. The van der Waals surface area contributed by atoms with Crippen molar-refractivity contribution >= 4 is 56.4 Å². The quantitative estimate of drug-likeness (QED) is 0.364. The van der Waals surface area contributed by atoms with Gasteiger partial charge in [-0.1, -0.05) is 23.2 Å². The fourth-order valence-electron chi connectivity index (χ4n) is 4.39. The van der Waals surface area contributed by atoms with E-state index in [1.165, 1.54) is 6.42 Å². The van der Waals surface area contributed by atoms with Gasteiger partial charge in [-0.2, -0.15) is 0 Å². The monoisotopic (exact) mass is 436 g/mol. The SMILES string of the molecule is Clc1ccc2c(N[C@@H]3CCC[C@H](Nc4ccnc5cc(Cl)ccc45)C3)ccnc2c1. The molecule has 4 nitrogen and oxygen atoms in total. The van der Waals surface area contributed by atoms with E-state index in [2.05, 4.69) is 20.6 Å². The van der Waals surface area contributed by atoms with Crippen LogP contribution in [0.25, 0.3) is 21.8 Å². The van der Waals surface area contributed by atoms with Crippen molar-refractivity contribution in [2.45, 2.75) is 37.8 Å². The van der Waals surface area contributed by atoms with Gasteiger partial charge in [0.2, 0.25) is 0 Å². The van der Waals surface area contributed by atoms with Gasteiger partial charge in [0.1, 0.15) is 0 Å². The molecule has 0 amide bonds. The number of hydrogen-bond acceptors (Lipinski definition) is 4. The fraction of sp³-hybridized carbons (Fsp3) is 0.250. The Morgan fingerprint density at radius 1 is 0.700 bits per heavy atom. The topological polar surface area (TPSA) is 49.8 Å². The standard InChI is InChI=1S/C24H22Cl2N4/c25-15-4-6-19-21(8-10-27-23(19)12-15)29-17-2-1-3-18(14-17)30-22-9-11-28-24-13-16(26)5-7-20(22)24/h4-13,17-18H,1-3,14H2,(H,27,29)(H,28,30)/t17-,18+.